The number of fused-ring (bicyclic) bond motifs is 3. The van der Waals surface area contributed by atoms with Gasteiger partial charge < -0.3 is 4.74 Å². The van der Waals surface area contributed by atoms with Crippen molar-refractivity contribution in [3.8, 4) is 15.5 Å². The zero-order valence-electron chi connectivity index (χ0n) is 34.1. The Balaban J connectivity index is 0.00000217. The summed E-state index contributed by atoms with van der Waals surface area (Å²) in [5.41, 5.74) is 3.80. The summed E-state index contributed by atoms with van der Waals surface area (Å²) in [5, 5.41) is 0. The van der Waals surface area contributed by atoms with Crippen molar-refractivity contribution in [2.75, 3.05) is 6.67 Å². The normalized spacial score (nSPS) is 17.3. The second kappa shape index (κ2) is 19.1. The van der Waals surface area contributed by atoms with Crippen molar-refractivity contribution in [3.05, 3.63) is 38.8 Å². The third kappa shape index (κ3) is 13.0. The average molecular weight is 747 g/mol. The Kier molecular flexibility index (Phi) is 16.5. The second-order valence-corrected chi connectivity index (χ2v) is 21.1. The molecule has 3 aromatic heterocycles. The van der Waals surface area contributed by atoms with Gasteiger partial charge in [-0.15, -0.1) is 22.7 Å². The van der Waals surface area contributed by atoms with E-state index in [4.69, 9.17) is 13.5 Å². The molecule has 0 bridgehead atoms. The van der Waals surface area contributed by atoms with Gasteiger partial charge in [-0.25, -0.2) is 0 Å². The standard InChI is InChI=1S/C41H66N2OS3.C2H5F/c1-27(2)15-13-17-29(5)19-21-41(22-20-30(6)18-14-16-28(3)4)32-23-31(24-33-34(43-47-42-33)26-39(7,8)9)45-37(32)38-35(44-41)25-36(46-38)40(10,11)12;1-2-3/h23,25,27-30H,13-22,24,26H2,1-12H3;2H2,1H3. The number of alkyl halides is 1. The van der Waals surface area contributed by atoms with Crippen LogP contribution in [0.15, 0.2) is 12.1 Å². The van der Waals surface area contributed by atoms with E-state index >= 15 is 0 Å². The first-order valence-corrected chi connectivity index (χ1v) is 22.1. The molecular weight excluding hydrogens is 676 g/mol. The third-order valence-electron chi connectivity index (χ3n) is 9.94. The van der Waals surface area contributed by atoms with Gasteiger partial charge in [0.25, 0.3) is 0 Å². The highest BCUT2D eigenvalue weighted by Gasteiger charge is 2.44. The summed E-state index contributed by atoms with van der Waals surface area (Å²) < 4.78 is 27.3. The number of nitrogens with zero attached hydrogens (tertiary/aromatic N) is 2. The highest BCUT2D eigenvalue weighted by atomic mass is 32.1. The summed E-state index contributed by atoms with van der Waals surface area (Å²) in [6.07, 6.45) is 14.4. The number of hydrogen-bond acceptors (Lipinski definition) is 6. The Labute approximate surface area is 319 Å². The number of aromatic nitrogens is 2. The van der Waals surface area contributed by atoms with Crippen molar-refractivity contribution < 1.29 is 9.13 Å². The van der Waals surface area contributed by atoms with Crippen molar-refractivity contribution in [2.24, 2.45) is 29.1 Å². The SMILES string of the molecule is CC(C)CCCC(C)CCC1(CCC(C)CCCC(C)C)Oc2cc(C(C)(C)C)sc2-c2sc(Cc3nsnc3CC(C)(C)C)cc21.CCF. The predicted molar refractivity (Wildman–Crippen MR) is 220 cm³/mol. The molecule has 0 fully saturated rings. The predicted octanol–water partition coefficient (Wildman–Crippen LogP) is 14.9. The molecule has 4 heterocycles. The van der Waals surface area contributed by atoms with E-state index in [-0.39, 0.29) is 23.1 Å². The van der Waals surface area contributed by atoms with Gasteiger partial charge in [0.2, 0.25) is 0 Å². The number of halogens is 1. The topological polar surface area (TPSA) is 35.0 Å². The van der Waals surface area contributed by atoms with Crippen LogP contribution in [0, 0.1) is 29.1 Å². The first kappa shape index (κ1) is 43.1. The highest BCUT2D eigenvalue weighted by Crippen LogP contribution is 2.57. The van der Waals surface area contributed by atoms with E-state index in [1.165, 1.54) is 101 Å². The number of hydrogen-bond donors (Lipinski definition) is 0. The van der Waals surface area contributed by atoms with Gasteiger partial charge in [-0.05, 0) is 85.7 Å². The molecule has 3 nitrogen and oxygen atoms in total. The minimum Gasteiger partial charge on any atom is -0.481 e. The summed E-state index contributed by atoms with van der Waals surface area (Å²) in [4.78, 5) is 5.62. The van der Waals surface area contributed by atoms with E-state index in [0.717, 1.165) is 49.0 Å². The molecule has 0 amide bonds. The van der Waals surface area contributed by atoms with Gasteiger partial charge in [0, 0.05) is 21.7 Å². The molecule has 0 N–H and O–H groups in total. The Bertz CT molecular complexity index is 1400. The first-order valence-electron chi connectivity index (χ1n) is 19.7. The molecule has 7 heteroatoms. The van der Waals surface area contributed by atoms with Gasteiger partial charge in [-0.1, -0.05) is 122 Å². The largest absolute Gasteiger partial charge is 0.481 e. The Morgan fingerprint density at radius 1 is 0.740 bits per heavy atom. The van der Waals surface area contributed by atoms with Crippen molar-refractivity contribution in [1.82, 2.24) is 8.75 Å². The Morgan fingerprint density at radius 3 is 1.78 bits per heavy atom. The fraction of sp³-hybridized carbons (Fsp3) is 0.767. The third-order valence-corrected chi connectivity index (χ3v) is 13.4. The first-order chi connectivity index (χ1) is 23.4. The molecule has 0 aromatic carbocycles. The highest BCUT2D eigenvalue weighted by molar-refractivity contribution is 7.22. The van der Waals surface area contributed by atoms with Crippen LogP contribution in [-0.2, 0) is 23.9 Å². The van der Waals surface area contributed by atoms with Gasteiger partial charge in [0.05, 0.1) is 39.5 Å². The fourth-order valence-electron chi connectivity index (χ4n) is 6.93. The molecule has 1 aliphatic heterocycles. The van der Waals surface area contributed by atoms with Gasteiger partial charge in [-0.3, -0.25) is 4.39 Å². The molecule has 2 atom stereocenters. The maximum Gasteiger partial charge on any atom is 0.140 e. The molecule has 1 aliphatic rings. The van der Waals surface area contributed by atoms with E-state index in [1.807, 2.05) is 22.7 Å². The average Bonchev–Trinajstić information content (AvgIpc) is 3.73. The Hall–Kier alpha value is -1.31. The van der Waals surface area contributed by atoms with Crippen molar-refractivity contribution >= 4 is 34.4 Å². The van der Waals surface area contributed by atoms with Crippen LogP contribution < -0.4 is 4.74 Å². The lowest BCUT2D eigenvalue weighted by atomic mass is 9.78. The van der Waals surface area contributed by atoms with Crippen LogP contribution in [0.1, 0.15) is 181 Å². The van der Waals surface area contributed by atoms with E-state index in [1.54, 1.807) is 0 Å². The van der Waals surface area contributed by atoms with Gasteiger partial charge >= 0.3 is 0 Å². The molecule has 0 saturated carbocycles. The quantitative estimate of drug-likeness (QED) is 0.138. The maximum atomic E-state index is 10.3. The molecule has 4 rings (SSSR count). The van der Waals surface area contributed by atoms with Crippen LogP contribution in [0.5, 0.6) is 5.75 Å². The lowest BCUT2D eigenvalue weighted by Crippen LogP contribution is -2.36. The maximum absolute atomic E-state index is 10.3. The van der Waals surface area contributed by atoms with Gasteiger partial charge in [0.1, 0.15) is 11.4 Å². The van der Waals surface area contributed by atoms with E-state index < -0.39 is 0 Å². The van der Waals surface area contributed by atoms with Gasteiger partial charge in [0.15, 0.2) is 0 Å². The lowest BCUT2D eigenvalue weighted by molar-refractivity contribution is 0.0322. The van der Waals surface area contributed by atoms with Crippen molar-refractivity contribution in [1.29, 1.82) is 0 Å². The molecule has 0 saturated heterocycles. The molecule has 0 aliphatic carbocycles. The number of thiophene rings is 2. The lowest BCUT2D eigenvalue weighted by Gasteiger charge is -2.39. The second-order valence-electron chi connectivity index (χ2n) is 18.4. The zero-order valence-corrected chi connectivity index (χ0v) is 36.5. The van der Waals surface area contributed by atoms with Crippen LogP contribution in [0.4, 0.5) is 4.39 Å². The molecule has 3 aromatic rings. The van der Waals surface area contributed by atoms with Crippen LogP contribution in [0.25, 0.3) is 9.75 Å². The van der Waals surface area contributed by atoms with Crippen LogP contribution in [0.3, 0.4) is 0 Å². The number of ether oxygens (including phenoxy) is 1. The van der Waals surface area contributed by atoms with Gasteiger partial charge in [-0.2, -0.15) is 8.75 Å². The van der Waals surface area contributed by atoms with E-state index in [9.17, 15) is 4.39 Å². The van der Waals surface area contributed by atoms with Crippen molar-refractivity contribution in [3.63, 3.8) is 0 Å². The molecular formula is C43H71FN2OS3. The molecule has 2 unspecified atom stereocenters. The summed E-state index contributed by atoms with van der Waals surface area (Å²) >= 11 is 5.33. The minimum atomic E-state index is -0.277. The zero-order chi connectivity index (χ0) is 37.3. The van der Waals surface area contributed by atoms with Crippen LogP contribution in [-0.4, -0.2) is 15.4 Å². The van der Waals surface area contributed by atoms with Crippen LogP contribution >= 0.6 is 34.4 Å². The minimum absolute atomic E-state index is 0.0955. The molecule has 0 radical (unpaired) electrons. The van der Waals surface area contributed by atoms with E-state index in [2.05, 4.69) is 95.2 Å². The molecule has 0 spiro atoms. The smallest absolute Gasteiger partial charge is 0.140 e. The monoisotopic (exact) mass is 746 g/mol. The molecule has 284 valence electrons. The summed E-state index contributed by atoms with van der Waals surface area (Å²) in [6.45, 7) is 29.5. The number of rotatable bonds is 17. The summed E-state index contributed by atoms with van der Waals surface area (Å²) in [7, 11) is 0. The van der Waals surface area contributed by atoms with Crippen LogP contribution in [0.2, 0.25) is 0 Å². The van der Waals surface area contributed by atoms with Crippen molar-refractivity contribution in [2.45, 2.75) is 178 Å². The fourth-order valence-corrected chi connectivity index (χ4v) is 10.1. The summed E-state index contributed by atoms with van der Waals surface area (Å²) in [6, 6.07) is 4.92. The van der Waals surface area contributed by atoms with E-state index in [0.29, 0.717) is 11.8 Å². The Morgan fingerprint density at radius 2 is 1.28 bits per heavy atom. The summed E-state index contributed by atoms with van der Waals surface area (Å²) in [5.74, 6) is 4.10. The molecule has 50 heavy (non-hydrogen) atoms.